The molecule has 3 heteroatoms. The van der Waals surface area contributed by atoms with E-state index in [0.29, 0.717) is 18.2 Å². The first-order chi connectivity index (χ1) is 5.77. The molecular weight excluding hydrogens is 154 g/mol. The minimum atomic E-state index is -0.514. The number of fused-ring (bicyclic) bond motifs is 1. The first kappa shape index (κ1) is 7.55. The summed E-state index contributed by atoms with van der Waals surface area (Å²) >= 11 is 0. The molecule has 1 aromatic rings. The molecule has 0 bridgehead atoms. The van der Waals surface area contributed by atoms with Crippen molar-refractivity contribution in [3.05, 3.63) is 23.4 Å². The molecule has 0 aromatic carbocycles. The lowest BCUT2D eigenvalue weighted by Crippen LogP contribution is -1.96. The zero-order valence-electron chi connectivity index (χ0n) is 6.95. The lowest BCUT2D eigenvalue weighted by molar-refractivity contribution is 0.193. The second-order valence-corrected chi connectivity index (χ2v) is 2.97. The van der Waals surface area contributed by atoms with E-state index in [1.54, 1.807) is 6.92 Å². The Balaban J connectivity index is 2.39. The molecule has 12 heavy (non-hydrogen) atoms. The lowest BCUT2D eigenvalue weighted by Gasteiger charge is -2.04. The Labute approximate surface area is 71.0 Å². The normalized spacial score (nSPS) is 16.8. The van der Waals surface area contributed by atoms with E-state index in [1.807, 2.05) is 12.1 Å². The maximum absolute atomic E-state index is 9.24. The quantitative estimate of drug-likeness (QED) is 0.676. The van der Waals surface area contributed by atoms with Crippen molar-refractivity contribution < 1.29 is 9.84 Å². The van der Waals surface area contributed by atoms with Gasteiger partial charge in [0.25, 0.3) is 0 Å². The SMILES string of the molecule is CC(O)c1ccc2c(n1)OCC2. The fraction of sp³-hybridized carbons (Fsp3) is 0.444. The van der Waals surface area contributed by atoms with E-state index in [0.717, 1.165) is 12.0 Å². The molecule has 0 fully saturated rings. The van der Waals surface area contributed by atoms with E-state index in [9.17, 15) is 5.11 Å². The van der Waals surface area contributed by atoms with Gasteiger partial charge in [0, 0.05) is 12.0 Å². The van der Waals surface area contributed by atoms with Crippen LogP contribution in [0.5, 0.6) is 5.88 Å². The van der Waals surface area contributed by atoms with Crippen molar-refractivity contribution in [1.82, 2.24) is 4.98 Å². The molecular formula is C9H11NO2. The molecule has 1 unspecified atom stereocenters. The molecule has 64 valence electrons. The number of aliphatic hydroxyl groups excluding tert-OH is 1. The first-order valence-corrected chi connectivity index (χ1v) is 4.08. The molecule has 2 rings (SSSR count). The van der Waals surface area contributed by atoms with Gasteiger partial charge in [-0.05, 0) is 13.0 Å². The highest BCUT2D eigenvalue weighted by Crippen LogP contribution is 2.24. The van der Waals surface area contributed by atoms with Crippen LogP contribution in [0, 0.1) is 0 Å². The van der Waals surface area contributed by atoms with Crippen LogP contribution >= 0.6 is 0 Å². The Kier molecular flexibility index (Phi) is 1.73. The van der Waals surface area contributed by atoms with E-state index in [1.165, 1.54) is 0 Å². The molecule has 0 aliphatic carbocycles. The number of aliphatic hydroxyl groups is 1. The second-order valence-electron chi connectivity index (χ2n) is 2.97. The standard InChI is InChI=1S/C9H11NO2/c1-6(11)8-3-2-7-4-5-12-9(7)10-8/h2-3,6,11H,4-5H2,1H3. The highest BCUT2D eigenvalue weighted by molar-refractivity contribution is 5.31. The van der Waals surface area contributed by atoms with Crippen molar-refractivity contribution in [2.45, 2.75) is 19.4 Å². The molecule has 0 spiro atoms. The number of nitrogens with zero attached hydrogens (tertiary/aromatic N) is 1. The van der Waals surface area contributed by atoms with Crippen LogP contribution in [0.1, 0.15) is 24.3 Å². The van der Waals surface area contributed by atoms with E-state index in [-0.39, 0.29) is 0 Å². The highest BCUT2D eigenvalue weighted by atomic mass is 16.5. The fourth-order valence-electron chi connectivity index (χ4n) is 1.29. The Morgan fingerprint density at radius 3 is 3.17 bits per heavy atom. The van der Waals surface area contributed by atoms with Gasteiger partial charge in [-0.25, -0.2) is 4.98 Å². The highest BCUT2D eigenvalue weighted by Gasteiger charge is 2.14. The van der Waals surface area contributed by atoms with Crippen LogP contribution < -0.4 is 4.74 Å². The van der Waals surface area contributed by atoms with Gasteiger partial charge < -0.3 is 9.84 Å². The van der Waals surface area contributed by atoms with Gasteiger partial charge >= 0.3 is 0 Å². The van der Waals surface area contributed by atoms with Crippen molar-refractivity contribution >= 4 is 0 Å². The zero-order valence-corrected chi connectivity index (χ0v) is 6.95. The van der Waals surface area contributed by atoms with Crippen LogP contribution in [0.15, 0.2) is 12.1 Å². The minimum Gasteiger partial charge on any atom is -0.477 e. The Hall–Kier alpha value is -1.09. The average molecular weight is 165 g/mol. The van der Waals surface area contributed by atoms with Crippen LogP contribution in [0.2, 0.25) is 0 Å². The smallest absolute Gasteiger partial charge is 0.216 e. The van der Waals surface area contributed by atoms with Crippen LogP contribution in [0.3, 0.4) is 0 Å². The molecule has 2 heterocycles. The fourth-order valence-corrected chi connectivity index (χ4v) is 1.29. The van der Waals surface area contributed by atoms with Gasteiger partial charge in [0.05, 0.1) is 18.4 Å². The van der Waals surface area contributed by atoms with Gasteiger partial charge in [-0.2, -0.15) is 0 Å². The Bertz CT molecular complexity index is 297. The number of hydrogen-bond acceptors (Lipinski definition) is 3. The number of rotatable bonds is 1. The van der Waals surface area contributed by atoms with Crippen LogP contribution in [-0.4, -0.2) is 16.7 Å². The summed E-state index contributed by atoms with van der Waals surface area (Å²) in [5.41, 5.74) is 1.81. The minimum absolute atomic E-state index is 0.514. The molecule has 1 atom stereocenters. The molecule has 1 aliphatic heterocycles. The Morgan fingerprint density at radius 2 is 2.42 bits per heavy atom. The summed E-state index contributed by atoms with van der Waals surface area (Å²) < 4.78 is 5.27. The zero-order chi connectivity index (χ0) is 8.55. The third-order valence-electron chi connectivity index (χ3n) is 2.00. The molecule has 0 saturated heterocycles. The van der Waals surface area contributed by atoms with E-state index < -0.39 is 6.10 Å². The summed E-state index contributed by atoms with van der Waals surface area (Å²) in [6.45, 7) is 2.41. The Morgan fingerprint density at radius 1 is 1.58 bits per heavy atom. The number of hydrogen-bond donors (Lipinski definition) is 1. The molecule has 1 N–H and O–H groups in total. The van der Waals surface area contributed by atoms with Crippen molar-refractivity contribution in [2.75, 3.05) is 6.61 Å². The van der Waals surface area contributed by atoms with Gasteiger partial charge in [0.2, 0.25) is 5.88 Å². The maximum Gasteiger partial charge on any atom is 0.216 e. The molecule has 0 radical (unpaired) electrons. The topological polar surface area (TPSA) is 42.4 Å². The van der Waals surface area contributed by atoms with Crippen LogP contribution in [-0.2, 0) is 6.42 Å². The van der Waals surface area contributed by atoms with Crippen molar-refractivity contribution in [3.63, 3.8) is 0 Å². The summed E-state index contributed by atoms with van der Waals surface area (Å²) in [6.07, 6.45) is 0.419. The number of pyridine rings is 1. The van der Waals surface area contributed by atoms with E-state index in [2.05, 4.69) is 4.98 Å². The third kappa shape index (κ3) is 1.16. The molecule has 1 aliphatic rings. The summed E-state index contributed by atoms with van der Waals surface area (Å²) in [5.74, 6) is 0.688. The second kappa shape index (κ2) is 2.75. The summed E-state index contributed by atoms with van der Waals surface area (Å²) in [6, 6.07) is 3.82. The maximum atomic E-state index is 9.24. The van der Waals surface area contributed by atoms with Crippen molar-refractivity contribution in [3.8, 4) is 5.88 Å². The predicted octanol–water partition coefficient (Wildman–Crippen LogP) is 1.07. The van der Waals surface area contributed by atoms with Gasteiger partial charge in [-0.3, -0.25) is 0 Å². The van der Waals surface area contributed by atoms with E-state index in [4.69, 9.17) is 4.74 Å². The predicted molar refractivity (Wildman–Crippen MR) is 44.1 cm³/mol. The van der Waals surface area contributed by atoms with Crippen LogP contribution in [0.25, 0.3) is 0 Å². The molecule has 3 nitrogen and oxygen atoms in total. The van der Waals surface area contributed by atoms with Crippen LogP contribution in [0.4, 0.5) is 0 Å². The van der Waals surface area contributed by atoms with Crippen molar-refractivity contribution in [2.24, 2.45) is 0 Å². The third-order valence-corrected chi connectivity index (χ3v) is 2.00. The average Bonchev–Trinajstić information content (AvgIpc) is 2.49. The molecule has 1 aromatic heterocycles. The largest absolute Gasteiger partial charge is 0.477 e. The van der Waals surface area contributed by atoms with Gasteiger partial charge in [0.1, 0.15) is 0 Å². The van der Waals surface area contributed by atoms with E-state index >= 15 is 0 Å². The summed E-state index contributed by atoms with van der Waals surface area (Å²) in [7, 11) is 0. The monoisotopic (exact) mass is 165 g/mol. The number of aromatic nitrogens is 1. The van der Waals surface area contributed by atoms with Crippen molar-refractivity contribution in [1.29, 1.82) is 0 Å². The summed E-state index contributed by atoms with van der Waals surface area (Å²) in [4.78, 5) is 4.18. The molecule has 0 amide bonds. The molecule has 0 saturated carbocycles. The summed E-state index contributed by atoms with van der Waals surface area (Å²) in [5, 5.41) is 9.24. The lowest BCUT2D eigenvalue weighted by atomic mass is 10.2. The van der Waals surface area contributed by atoms with Gasteiger partial charge in [0.15, 0.2) is 0 Å². The first-order valence-electron chi connectivity index (χ1n) is 4.08. The van der Waals surface area contributed by atoms with Gasteiger partial charge in [-0.15, -0.1) is 0 Å². The van der Waals surface area contributed by atoms with Gasteiger partial charge in [-0.1, -0.05) is 6.07 Å². The number of ether oxygens (including phenoxy) is 1.